The Morgan fingerprint density at radius 1 is 1.21 bits per heavy atom. The van der Waals surface area contributed by atoms with Gasteiger partial charge in [0.05, 0.1) is 11.9 Å². The van der Waals surface area contributed by atoms with Crippen molar-refractivity contribution in [2.45, 2.75) is 20.4 Å². The third-order valence-electron chi connectivity index (χ3n) is 4.70. The van der Waals surface area contributed by atoms with Crippen LogP contribution in [-0.4, -0.2) is 26.1 Å². The number of fused-ring (bicyclic) bond motifs is 1. The Morgan fingerprint density at radius 2 is 2.03 bits per heavy atom. The lowest BCUT2D eigenvalue weighted by molar-refractivity contribution is 0.1000. The number of hydrogen-bond donors (Lipinski definition) is 2. The fourth-order valence-corrected chi connectivity index (χ4v) is 3.36. The molecule has 0 spiro atoms. The summed E-state index contributed by atoms with van der Waals surface area (Å²) in [6.07, 6.45) is 3.00. The highest BCUT2D eigenvalue weighted by atomic mass is 19.1. The van der Waals surface area contributed by atoms with E-state index in [4.69, 9.17) is 5.73 Å². The van der Waals surface area contributed by atoms with Crippen LogP contribution in [0.15, 0.2) is 48.9 Å². The summed E-state index contributed by atoms with van der Waals surface area (Å²) >= 11 is 0. The Morgan fingerprint density at radius 3 is 2.83 bits per heavy atom. The molecule has 2 heterocycles. The molecule has 0 bridgehead atoms. The van der Waals surface area contributed by atoms with Crippen LogP contribution in [0.1, 0.15) is 27.0 Å². The molecule has 1 amide bonds. The maximum Gasteiger partial charge on any atom is 0.248 e. The Bertz CT molecular complexity index is 1220. The number of aromatic amines is 1. The van der Waals surface area contributed by atoms with Gasteiger partial charge in [-0.05, 0) is 48.7 Å². The molecular formula is C21H19FN6O. The molecule has 0 fully saturated rings. The summed E-state index contributed by atoms with van der Waals surface area (Å²) in [5, 5.41) is 6.92. The number of nitrogens with zero attached hydrogens (tertiary/aromatic N) is 4. The van der Waals surface area contributed by atoms with E-state index in [0.717, 1.165) is 11.1 Å². The Hall–Kier alpha value is -3.81. The number of primary amides is 1. The summed E-state index contributed by atoms with van der Waals surface area (Å²) in [4.78, 5) is 21.9. The van der Waals surface area contributed by atoms with E-state index < -0.39 is 5.91 Å². The molecule has 0 saturated carbocycles. The first kappa shape index (κ1) is 18.5. The van der Waals surface area contributed by atoms with Crippen LogP contribution in [0.2, 0.25) is 0 Å². The van der Waals surface area contributed by atoms with Gasteiger partial charge < -0.3 is 10.6 Å². The van der Waals surface area contributed by atoms with Crippen molar-refractivity contribution in [2.24, 2.45) is 5.73 Å². The molecule has 3 N–H and O–H groups in total. The molecule has 0 aliphatic heterocycles. The van der Waals surface area contributed by atoms with Crippen LogP contribution >= 0.6 is 0 Å². The maximum atomic E-state index is 15.2. The van der Waals surface area contributed by atoms with Gasteiger partial charge in [-0.1, -0.05) is 18.2 Å². The largest absolute Gasteiger partial charge is 0.366 e. The number of anilines is 2. The molecule has 7 nitrogen and oxygen atoms in total. The molecule has 0 atom stereocenters. The van der Waals surface area contributed by atoms with Gasteiger partial charge in [0.2, 0.25) is 5.91 Å². The number of carbonyl (C=O) groups is 1. The number of H-pyrrole nitrogens is 1. The summed E-state index contributed by atoms with van der Waals surface area (Å²) in [5.41, 5.74) is 9.63. The van der Waals surface area contributed by atoms with Gasteiger partial charge in [-0.15, -0.1) is 0 Å². The Labute approximate surface area is 166 Å². The molecule has 146 valence electrons. The second kappa shape index (κ2) is 7.31. The minimum atomic E-state index is -0.519. The number of benzene rings is 2. The van der Waals surface area contributed by atoms with Crippen LogP contribution in [0.5, 0.6) is 0 Å². The van der Waals surface area contributed by atoms with Gasteiger partial charge in [-0.2, -0.15) is 5.10 Å². The van der Waals surface area contributed by atoms with E-state index in [0.29, 0.717) is 33.7 Å². The lowest BCUT2D eigenvalue weighted by Crippen LogP contribution is -2.21. The second-order valence-corrected chi connectivity index (χ2v) is 6.89. The van der Waals surface area contributed by atoms with Gasteiger partial charge in [0, 0.05) is 12.1 Å². The highest BCUT2D eigenvalue weighted by Crippen LogP contribution is 2.33. The number of aromatic nitrogens is 4. The number of aryl methyl sites for hydroxylation is 2. The van der Waals surface area contributed by atoms with Crippen molar-refractivity contribution in [3.63, 3.8) is 0 Å². The molecule has 2 aromatic carbocycles. The van der Waals surface area contributed by atoms with Crippen LogP contribution in [0.25, 0.3) is 11.0 Å². The molecule has 0 aliphatic rings. The van der Waals surface area contributed by atoms with E-state index in [9.17, 15) is 4.79 Å². The summed E-state index contributed by atoms with van der Waals surface area (Å²) in [6.45, 7) is 3.91. The number of hydrogen-bond acceptors (Lipinski definition) is 5. The molecule has 0 radical (unpaired) electrons. The van der Waals surface area contributed by atoms with E-state index in [1.54, 1.807) is 48.4 Å². The number of nitrogens with two attached hydrogens (primary N) is 1. The summed E-state index contributed by atoms with van der Waals surface area (Å²) in [6, 6.07) is 10.5. The fraction of sp³-hybridized carbons (Fsp3) is 0.143. The van der Waals surface area contributed by atoms with Gasteiger partial charge in [-0.25, -0.2) is 14.4 Å². The summed E-state index contributed by atoms with van der Waals surface area (Å²) in [7, 11) is 0. The van der Waals surface area contributed by atoms with E-state index >= 15 is 4.39 Å². The Kier molecular flexibility index (Phi) is 4.67. The predicted molar refractivity (Wildman–Crippen MR) is 108 cm³/mol. The smallest absolute Gasteiger partial charge is 0.248 e. The lowest BCUT2D eigenvalue weighted by Gasteiger charge is -2.26. The minimum Gasteiger partial charge on any atom is -0.366 e. The number of nitrogens with one attached hydrogen (secondary N) is 1. The van der Waals surface area contributed by atoms with Gasteiger partial charge in [0.25, 0.3) is 0 Å². The zero-order valence-electron chi connectivity index (χ0n) is 16.0. The summed E-state index contributed by atoms with van der Waals surface area (Å²) < 4.78 is 15.2. The number of carbonyl (C=O) groups excluding carboxylic acids is 1. The van der Waals surface area contributed by atoms with Crippen molar-refractivity contribution in [3.8, 4) is 0 Å². The molecule has 4 rings (SSSR count). The topological polar surface area (TPSA) is 101 Å². The number of halogens is 1. The van der Waals surface area contributed by atoms with Crippen molar-refractivity contribution in [1.29, 1.82) is 0 Å². The van der Waals surface area contributed by atoms with Gasteiger partial charge in [-0.3, -0.25) is 9.89 Å². The SMILES string of the molecule is Cc1cc(C)c(F)c(N(Cc2cccc(C(N)=O)c2)c2ncnc3cn[nH]c23)c1. The van der Waals surface area contributed by atoms with Crippen molar-refractivity contribution >= 4 is 28.4 Å². The van der Waals surface area contributed by atoms with E-state index in [-0.39, 0.29) is 12.4 Å². The molecule has 2 aromatic heterocycles. The maximum absolute atomic E-state index is 15.2. The van der Waals surface area contributed by atoms with Crippen LogP contribution < -0.4 is 10.6 Å². The summed E-state index contributed by atoms with van der Waals surface area (Å²) in [5.74, 6) is -0.372. The van der Waals surface area contributed by atoms with E-state index in [2.05, 4.69) is 20.2 Å². The molecule has 29 heavy (non-hydrogen) atoms. The van der Waals surface area contributed by atoms with Crippen LogP contribution in [0.3, 0.4) is 0 Å². The van der Waals surface area contributed by atoms with Crippen molar-refractivity contribution in [1.82, 2.24) is 20.2 Å². The number of amides is 1. The second-order valence-electron chi connectivity index (χ2n) is 6.89. The van der Waals surface area contributed by atoms with Crippen molar-refractivity contribution < 1.29 is 9.18 Å². The zero-order valence-corrected chi connectivity index (χ0v) is 16.0. The van der Waals surface area contributed by atoms with Crippen LogP contribution in [-0.2, 0) is 6.54 Å². The molecule has 4 aromatic rings. The normalized spacial score (nSPS) is 11.0. The first-order chi connectivity index (χ1) is 13.9. The first-order valence-electron chi connectivity index (χ1n) is 9.01. The predicted octanol–water partition coefficient (Wildman–Crippen LogP) is 3.55. The molecule has 0 aliphatic carbocycles. The highest BCUT2D eigenvalue weighted by molar-refractivity contribution is 5.93. The lowest BCUT2D eigenvalue weighted by atomic mass is 10.1. The highest BCUT2D eigenvalue weighted by Gasteiger charge is 2.21. The quantitative estimate of drug-likeness (QED) is 0.543. The van der Waals surface area contributed by atoms with Crippen LogP contribution in [0, 0.1) is 19.7 Å². The Balaban J connectivity index is 1.90. The monoisotopic (exact) mass is 390 g/mol. The van der Waals surface area contributed by atoms with Crippen LogP contribution in [0.4, 0.5) is 15.9 Å². The molecule has 8 heteroatoms. The zero-order chi connectivity index (χ0) is 20.5. The van der Waals surface area contributed by atoms with Crippen molar-refractivity contribution in [3.05, 3.63) is 77.0 Å². The van der Waals surface area contributed by atoms with E-state index in [1.807, 2.05) is 13.0 Å². The molecular weight excluding hydrogens is 371 g/mol. The van der Waals surface area contributed by atoms with Gasteiger partial charge in [0.15, 0.2) is 5.82 Å². The number of rotatable bonds is 5. The average molecular weight is 390 g/mol. The third-order valence-corrected chi connectivity index (χ3v) is 4.70. The standard InChI is InChI=1S/C21H19FN6O/c1-12-6-13(2)18(22)17(7-12)28(10-14-4-3-5-15(8-14)20(23)29)21-19-16(9-26-27-19)24-11-25-21/h3-9,11H,10H2,1-2H3,(H2,23,29)(H,26,27). The first-order valence-corrected chi connectivity index (χ1v) is 9.01. The molecule has 0 saturated heterocycles. The third kappa shape index (κ3) is 3.52. The molecule has 0 unspecified atom stereocenters. The minimum absolute atomic E-state index is 0.270. The van der Waals surface area contributed by atoms with Crippen molar-refractivity contribution in [2.75, 3.05) is 4.90 Å². The van der Waals surface area contributed by atoms with Gasteiger partial charge in [0.1, 0.15) is 23.2 Å². The van der Waals surface area contributed by atoms with Gasteiger partial charge >= 0.3 is 0 Å². The fourth-order valence-electron chi connectivity index (χ4n) is 3.36. The average Bonchev–Trinajstić information content (AvgIpc) is 3.18. The van der Waals surface area contributed by atoms with E-state index in [1.165, 1.54) is 6.33 Å².